The Balaban J connectivity index is 2.46. The van der Waals surface area contributed by atoms with E-state index in [2.05, 4.69) is 48.1 Å². The molecule has 2 N–H and O–H groups in total. The molecule has 0 bridgehead atoms. The highest BCUT2D eigenvalue weighted by atomic mass is 15.4. The first kappa shape index (κ1) is 12.5. The van der Waals surface area contributed by atoms with Crippen LogP contribution in [0.3, 0.4) is 0 Å². The maximum absolute atomic E-state index is 6.17. The van der Waals surface area contributed by atoms with Gasteiger partial charge < -0.3 is 10.6 Å². The summed E-state index contributed by atoms with van der Waals surface area (Å²) in [6, 6.07) is 8.35. The Bertz CT molecular complexity index is 557. The van der Waals surface area contributed by atoms with Crippen molar-refractivity contribution >= 4 is 17.2 Å². The number of aromatic nitrogens is 2. The molecule has 96 valence electrons. The Morgan fingerprint density at radius 3 is 2.67 bits per heavy atom. The Hall–Kier alpha value is -1.97. The summed E-state index contributed by atoms with van der Waals surface area (Å²) < 4.78 is 1.84. The minimum absolute atomic E-state index is 0.768. The number of hydrogen-bond acceptors (Lipinski definition) is 3. The molecule has 0 amide bonds. The SMILES string of the molecule is CCc1nn(C)c(N(C)c2cccc(C)c2)c1N. The molecular formula is C14H20N4. The Kier molecular flexibility index (Phi) is 3.28. The zero-order valence-electron chi connectivity index (χ0n) is 11.4. The van der Waals surface area contributed by atoms with Gasteiger partial charge in [-0.1, -0.05) is 19.1 Å². The van der Waals surface area contributed by atoms with Crippen LogP contribution < -0.4 is 10.6 Å². The monoisotopic (exact) mass is 244 g/mol. The van der Waals surface area contributed by atoms with Crippen LogP contribution >= 0.6 is 0 Å². The molecule has 0 aliphatic heterocycles. The van der Waals surface area contributed by atoms with Crippen LogP contribution in [-0.2, 0) is 13.5 Å². The topological polar surface area (TPSA) is 47.1 Å². The van der Waals surface area contributed by atoms with Crippen molar-refractivity contribution in [2.45, 2.75) is 20.3 Å². The molecule has 18 heavy (non-hydrogen) atoms. The van der Waals surface area contributed by atoms with Gasteiger partial charge in [-0.05, 0) is 31.0 Å². The second-order valence-corrected chi connectivity index (χ2v) is 4.56. The number of nitrogens with zero attached hydrogens (tertiary/aromatic N) is 3. The van der Waals surface area contributed by atoms with Gasteiger partial charge >= 0.3 is 0 Å². The van der Waals surface area contributed by atoms with Gasteiger partial charge in [-0.3, -0.25) is 4.68 Å². The fourth-order valence-electron chi connectivity index (χ4n) is 2.20. The largest absolute Gasteiger partial charge is 0.394 e. The van der Waals surface area contributed by atoms with Crippen LogP contribution in [0.1, 0.15) is 18.2 Å². The molecule has 0 saturated heterocycles. The molecule has 1 heterocycles. The molecule has 0 atom stereocenters. The first-order valence-corrected chi connectivity index (χ1v) is 6.16. The van der Waals surface area contributed by atoms with Crippen LogP contribution in [0.15, 0.2) is 24.3 Å². The quantitative estimate of drug-likeness (QED) is 0.903. The van der Waals surface area contributed by atoms with Gasteiger partial charge in [0.1, 0.15) is 0 Å². The number of hydrogen-bond donors (Lipinski definition) is 1. The lowest BCUT2D eigenvalue weighted by molar-refractivity contribution is 0.741. The third kappa shape index (κ3) is 2.06. The van der Waals surface area contributed by atoms with Crippen molar-refractivity contribution in [3.63, 3.8) is 0 Å². The molecule has 1 aromatic carbocycles. The number of aryl methyl sites for hydroxylation is 3. The first-order valence-electron chi connectivity index (χ1n) is 6.16. The molecule has 2 rings (SSSR count). The number of benzene rings is 1. The zero-order chi connectivity index (χ0) is 13.3. The van der Waals surface area contributed by atoms with E-state index >= 15 is 0 Å². The van der Waals surface area contributed by atoms with Crippen molar-refractivity contribution in [1.82, 2.24) is 9.78 Å². The summed E-state index contributed by atoms with van der Waals surface area (Å²) in [5, 5.41) is 4.45. The molecule has 0 unspecified atom stereocenters. The minimum Gasteiger partial charge on any atom is -0.394 e. The van der Waals surface area contributed by atoms with E-state index < -0.39 is 0 Å². The summed E-state index contributed by atoms with van der Waals surface area (Å²) in [6.07, 6.45) is 0.849. The normalized spacial score (nSPS) is 10.7. The van der Waals surface area contributed by atoms with Gasteiger partial charge in [0, 0.05) is 19.8 Å². The van der Waals surface area contributed by atoms with Crippen LogP contribution in [0.4, 0.5) is 17.2 Å². The Labute approximate surface area is 108 Å². The molecule has 4 nitrogen and oxygen atoms in total. The Morgan fingerprint density at radius 1 is 1.39 bits per heavy atom. The predicted molar refractivity (Wildman–Crippen MR) is 76.2 cm³/mol. The highest BCUT2D eigenvalue weighted by Gasteiger charge is 2.16. The zero-order valence-corrected chi connectivity index (χ0v) is 11.4. The van der Waals surface area contributed by atoms with Crippen molar-refractivity contribution in [3.8, 4) is 0 Å². The summed E-state index contributed by atoms with van der Waals surface area (Å²) in [5.41, 5.74) is 10.2. The Morgan fingerprint density at radius 2 is 2.11 bits per heavy atom. The van der Waals surface area contributed by atoms with Crippen molar-refractivity contribution in [2.75, 3.05) is 17.7 Å². The van der Waals surface area contributed by atoms with Gasteiger partial charge in [-0.25, -0.2) is 0 Å². The molecule has 2 aromatic rings. The number of nitrogens with two attached hydrogens (primary N) is 1. The second-order valence-electron chi connectivity index (χ2n) is 4.56. The van der Waals surface area contributed by atoms with Gasteiger partial charge in [0.05, 0.1) is 11.4 Å². The highest BCUT2D eigenvalue weighted by Crippen LogP contribution is 2.31. The fourth-order valence-corrected chi connectivity index (χ4v) is 2.20. The summed E-state index contributed by atoms with van der Waals surface area (Å²) in [5.74, 6) is 0.942. The number of nitrogen functional groups attached to an aromatic ring is 1. The van der Waals surface area contributed by atoms with Gasteiger partial charge in [-0.15, -0.1) is 0 Å². The average molecular weight is 244 g/mol. The molecule has 0 saturated carbocycles. The van der Waals surface area contributed by atoms with E-state index in [0.717, 1.165) is 29.3 Å². The smallest absolute Gasteiger partial charge is 0.154 e. The lowest BCUT2D eigenvalue weighted by atomic mass is 10.2. The fraction of sp³-hybridized carbons (Fsp3) is 0.357. The van der Waals surface area contributed by atoms with Crippen LogP contribution in [0.25, 0.3) is 0 Å². The van der Waals surface area contributed by atoms with Crippen molar-refractivity contribution in [2.24, 2.45) is 7.05 Å². The molecule has 0 spiro atoms. The van der Waals surface area contributed by atoms with Crippen molar-refractivity contribution in [3.05, 3.63) is 35.5 Å². The lowest BCUT2D eigenvalue weighted by Gasteiger charge is -2.20. The molecular weight excluding hydrogens is 224 g/mol. The number of anilines is 3. The molecule has 0 fully saturated rings. The third-order valence-corrected chi connectivity index (χ3v) is 3.17. The molecule has 4 heteroatoms. The predicted octanol–water partition coefficient (Wildman–Crippen LogP) is 2.64. The van der Waals surface area contributed by atoms with Crippen molar-refractivity contribution < 1.29 is 0 Å². The van der Waals surface area contributed by atoms with E-state index in [-0.39, 0.29) is 0 Å². The lowest BCUT2D eigenvalue weighted by Crippen LogP contribution is -2.15. The standard InChI is InChI=1S/C14H20N4/c1-5-12-13(15)14(18(4)16-12)17(3)11-8-6-7-10(2)9-11/h6-9H,5,15H2,1-4H3. The average Bonchev–Trinajstić information content (AvgIpc) is 2.63. The maximum atomic E-state index is 6.17. The van der Waals surface area contributed by atoms with Gasteiger partial charge in [0.15, 0.2) is 5.82 Å². The van der Waals surface area contributed by atoms with E-state index in [1.807, 2.05) is 18.8 Å². The van der Waals surface area contributed by atoms with Gasteiger partial charge in [0.25, 0.3) is 0 Å². The van der Waals surface area contributed by atoms with Crippen LogP contribution in [0.5, 0.6) is 0 Å². The van der Waals surface area contributed by atoms with Crippen LogP contribution in [0, 0.1) is 6.92 Å². The first-order chi connectivity index (χ1) is 8.54. The van der Waals surface area contributed by atoms with Crippen molar-refractivity contribution in [1.29, 1.82) is 0 Å². The highest BCUT2D eigenvalue weighted by molar-refractivity contribution is 5.73. The van der Waals surface area contributed by atoms with Gasteiger partial charge in [0.2, 0.25) is 0 Å². The van der Waals surface area contributed by atoms with E-state index in [1.54, 1.807) is 0 Å². The van der Waals surface area contributed by atoms with Crippen LogP contribution in [0.2, 0.25) is 0 Å². The second kappa shape index (κ2) is 4.72. The summed E-state index contributed by atoms with van der Waals surface area (Å²) >= 11 is 0. The van der Waals surface area contributed by atoms with E-state index in [9.17, 15) is 0 Å². The summed E-state index contributed by atoms with van der Waals surface area (Å²) in [4.78, 5) is 2.08. The molecule has 1 aromatic heterocycles. The maximum Gasteiger partial charge on any atom is 0.154 e. The molecule has 0 aliphatic carbocycles. The molecule has 0 aliphatic rings. The number of rotatable bonds is 3. The third-order valence-electron chi connectivity index (χ3n) is 3.17. The van der Waals surface area contributed by atoms with E-state index in [1.165, 1.54) is 5.56 Å². The van der Waals surface area contributed by atoms with Crippen LogP contribution in [-0.4, -0.2) is 16.8 Å². The van der Waals surface area contributed by atoms with E-state index in [4.69, 9.17) is 5.73 Å². The molecule has 0 radical (unpaired) electrons. The summed E-state index contributed by atoms with van der Waals surface area (Å²) in [6.45, 7) is 4.15. The van der Waals surface area contributed by atoms with E-state index in [0.29, 0.717) is 0 Å². The minimum atomic E-state index is 0.768. The summed E-state index contributed by atoms with van der Waals surface area (Å²) in [7, 11) is 3.94. The van der Waals surface area contributed by atoms with Gasteiger partial charge in [-0.2, -0.15) is 5.10 Å².